The van der Waals surface area contributed by atoms with Crippen molar-refractivity contribution in [2.75, 3.05) is 11.9 Å². The molecule has 0 aliphatic rings. The summed E-state index contributed by atoms with van der Waals surface area (Å²) in [6.07, 6.45) is 0. The van der Waals surface area contributed by atoms with Crippen LogP contribution in [0.2, 0.25) is 0 Å². The Kier molecular flexibility index (Phi) is 5.20. The predicted molar refractivity (Wildman–Crippen MR) is 108 cm³/mol. The van der Waals surface area contributed by atoms with Gasteiger partial charge in [-0.3, -0.25) is 9.89 Å². The van der Waals surface area contributed by atoms with Gasteiger partial charge < -0.3 is 14.8 Å². The maximum atomic E-state index is 12.2. The summed E-state index contributed by atoms with van der Waals surface area (Å²) in [4.78, 5) is 24.4. The van der Waals surface area contributed by atoms with Gasteiger partial charge >= 0.3 is 5.97 Å². The van der Waals surface area contributed by atoms with Crippen LogP contribution in [0.15, 0.2) is 78.9 Å². The molecule has 2 N–H and O–H groups in total. The molecule has 0 radical (unpaired) electrons. The first-order valence-electron chi connectivity index (χ1n) is 8.92. The van der Waals surface area contributed by atoms with Crippen molar-refractivity contribution in [1.82, 2.24) is 10.2 Å². The van der Waals surface area contributed by atoms with Crippen molar-refractivity contribution < 1.29 is 19.1 Å². The predicted octanol–water partition coefficient (Wildman–Crippen LogP) is 4.15. The molecule has 0 unspecified atom stereocenters. The molecule has 3 aromatic carbocycles. The van der Waals surface area contributed by atoms with E-state index >= 15 is 0 Å². The lowest BCUT2D eigenvalue weighted by molar-refractivity contribution is -0.119. The van der Waals surface area contributed by atoms with Crippen molar-refractivity contribution in [2.45, 2.75) is 0 Å². The summed E-state index contributed by atoms with van der Waals surface area (Å²) in [6.45, 7) is -0.427. The van der Waals surface area contributed by atoms with Crippen molar-refractivity contribution in [3.63, 3.8) is 0 Å². The zero-order valence-electron chi connectivity index (χ0n) is 15.3. The van der Waals surface area contributed by atoms with Crippen molar-refractivity contribution in [3.8, 4) is 11.5 Å². The number of aromatic amines is 1. The van der Waals surface area contributed by atoms with Crippen LogP contribution in [0.1, 0.15) is 10.5 Å². The summed E-state index contributed by atoms with van der Waals surface area (Å²) in [5, 5.41) is 10.0. The van der Waals surface area contributed by atoms with Crippen LogP contribution in [-0.4, -0.2) is 28.7 Å². The molecule has 0 aliphatic heterocycles. The molecule has 1 amide bonds. The Labute approximate surface area is 166 Å². The number of nitrogens with zero attached hydrogens (tertiary/aromatic N) is 1. The molecule has 144 valence electrons. The van der Waals surface area contributed by atoms with Crippen LogP contribution < -0.4 is 10.1 Å². The lowest BCUT2D eigenvalue weighted by Crippen LogP contribution is -2.21. The maximum absolute atomic E-state index is 12.2. The summed E-state index contributed by atoms with van der Waals surface area (Å²) >= 11 is 0. The summed E-state index contributed by atoms with van der Waals surface area (Å²) in [5.74, 6) is 0.138. The number of hydrogen-bond acceptors (Lipinski definition) is 5. The zero-order valence-corrected chi connectivity index (χ0v) is 15.3. The smallest absolute Gasteiger partial charge is 0.359 e. The Bertz CT molecular complexity index is 1150. The molecule has 4 aromatic rings. The van der Waals surface area contributed by atoms with Gasteiger partial charge in [-0.1, -0.05) is 42.5 Å². The first-order chi connectivity index (χ1) is 14.2. The average Bonchev–Trinajstić information content (AvgIpc) is 3.17. The number of para-hydroxylation sites is 2. The molecule has 0 fully saturated rings. The van der Waals surface area contributed by atoms with Crippen LogP contribution >= 0.6 is 0 Å². The molecular formula is C22H17N3O4. The summed E-state index contributed by atoms with van der Waals surface area (Å²) in [6, 6.07) is 23.5. The maximum Gasteiger partial charge on any atom is 0.359 e. The van der Waals surface area contributed by atoms with E-state index in [2.05, 4.69) is 15.5 Å². The van der Waals surface area contributed by atoms with E-state index in [1.54, 1.807) is 42.5 Å². The number of anilines is 1. The first-order valence-corrected chi connectivity index (χ1v) is 8.92. The van der Waals surface area contributed by atoms with Crippen molar-refractivity contribution >= 4 is 28.5 Å². The second-order valence-electron chi connectivity index (χ2n) is 6.19. The summed E-state index contributed by atoms with van der Waals surface area (Å²) in [5.41, 5.74) is 1.40. The van der Waals surface area contributed by atoms with E-state index in [1.165, 1.54) is 0 Å². The van der Waals surface area contributed by atoms with Crippen LogP contribution in [0.4, 0.5) is 5.69 Å². The van der Waals surface area contributed by atoms with Crippen LogP contribution in [0.5, 0.6) is 11.5 Å². The third-order valence-corrected chi connectivity index (χ3v) is 4.09. The lowest BCUT2D eigenvalue weighted by atomic mass is 10.2. The number of ether oxygens (including phenoxy) is 2. The highest BCUT2D eigenvalue weighted by atomic mass is 16.5. The molecule has 0 saturated heterocycles. The van der Waals surface area contributed by atoms with Gasteiger partial charge in [0.15, 0.2) is 12.3 Å². The number of carbonyl (C=O) groups excluding carboxylic acids is 2. The molecule has 4 rings (SSSR count). The number of esters is 1. The van der Waals surface area contributed by atoms with Gasteiger partial charge in [-0.25, -0.2) is 4.79 Å². The Morgan fingerprint density at radius 1 is 0.897 bits per heavy atom. The summed E-state index contributed by atoms with van der Waals surface area (Å²) < 4.78 is 10.8. The van der Waals surface area contributed by atoms with Gasteiger partial charge in [0.1, 0.15) is 11.5 Å². The summed E-state index contributed by atoms with van der Waals surface area (Å²) in [7, 11) is 0. The number of rotatable bonds is 6. The minimum Gasteiger partial charge on any atom is -0.457 e. The molecule has 0 atom stereocenters. The standard InChI is InChI=1S/C22H17N3O4/c26-20(14-28-22(27)21-18-11-4-5-12-19(18)24-25-21)23-15-7-6-10-17(13-15)29-16-8-2-1-3-9-16/h1-13H,14H2,(H,23,26)(H,24,25). The topological polar surface area (TPSA) is 93.3 Å². The van der Waals surface area contributed by atoms with E-state index < -0.39 is 18.5 Å². The number of carbonyl (C=O) groups is 2. The fourth-order valence-electron chi connectivity index (χ4n) is 2.78. The molecule has 7 heteroatoms. The number of H-pyrrole nitrogens is 1. The van der Waals surface area contributed by atoms with Gasteiger partial charge in [0.25, 0.3) is 5.91 Å². The highest BCUT2D eigenvalue weighted by Crippen LogP contribution is 2.23. The van der Waals surface area contributed by atoms with E-state index in [9.17, 15) is 9.59 Å². The second kappa shape index (κ2) is 8.26. The third-order valence-electron chi connectivity index (χ3n) is 4.09. The SMILES string of the molecule is O=C(COC(=O)c1n[nH]c2ccccc12)Nc1cccc(Oc2ccccc2)c1. The second-order valence-corrected chi connectivity index (χ2v) is 6.19. The average molecular weight is 387 g/mol. The van der Waals surface area contributed by atoms with Crippen LogP contribution in [0.3, 0.4) is 0 Å². The molecule has 0 aliphatic carbocycles. The molecule has 0 bridgehead atoms. The number of hydrogen-bond donors (Lipinski definition) is 2. The van der Waals surface area contributed by atoms with E-state index in [4.69, 9.17) is 9.47 Å². The van der Waals surface area contributed by atoms with Crippen molar-refractivity contribution in [3.05, 3.63) is 84.6 Å². The van der Waals surface area contributed by atoms with Gasteiger partial charge in [-0.2, -0.15) is 5.10 Å². The number of nitrogens with one attached hydrogen (secondary N) is 2. The van der Waals surface area contributed by atoms with E-state index in [-0.39, 0.29) is 5.69 Å². The normalized spacial score (nSPS) is 10.5. The quantitative estimate of drug-likeness (QED) is 0.485. The van der Waals surface area contributed by atoms with E-state index in [0.717, 1.165) is 5.52 Å². The van der Waals surface area contributed by atoms with Crippen LogP contribution in [-0.2, 0) is 9.53 Å². The Morgan fingerprint density at radius 2 is 1.66 bits per heavy atom. The minimum absolute atomic E-state index is 0.145. The lowest BCUT2D eigenvalue weighted by Gasteiger charge is -2.09. The zero-order chi connectivity index (χ0) is 20.1. The Balaban J connectivity index is 1.35. The molecule has 0 spiro atoms. The van der Waals surface area contributed by atoms with Crippen molar-refractivity contribution in [2.24, 2.45) is 0 Å². The molecule has 1 aromatic heterocycles. The van der Waals surface area contributed by atoms with Gasteiger partial charge in [-0.15, -0.1) is 0 Å². The molecule has 29 heavy (non-hydrogen) atoms. The third kappa shape index (κ3) is 4.41. The number of benzene rings is 3. The van der Waals surface area contributed by atoms with Crippen LogP contribution in [0, 0.1) is 0 Å². The van der Waals surface area contributed by atoms with Crippen molar-refractivity contribution in [1.29, 1.82) is 0 Å². The van der Waals surface area contributed by atoms with Gasteiger partial charge in [-0.05, 0) is 30.3 Å². The Morgan fingerprint density at radius 3 is 2.52 bits per heavy atom. The Hall–Kier alpha value is -4.13. The van der Waals surface area contributed by atoms with Crippen LogP contribution in [0.25, 0.3) is 10.9 Å². The highest BCUT2D eigenvalue weighted by Gasteiger charge is 2.16. The largest absolute Gasteiger partial charge is 0.457 e. The monoisotopic (exact) mass is 387 g/mol. The first kappa shape index (κ1) is 18.2. The molecule has 7 nitrogen and oxygen atoms in total. The van der Waals surface area contributed by atoms with E-state index in [0.29, 0.717) is 22.6 Å². The van der Waals surface area contributed by atoms with Gasteiger partial charge in [0.05, 0.1) is 5.52 Å². The number of fused-ring (bicyclic) bond motifs is 1. The fourth-order valence-corrected chi connectivity index (χ4v) is 2.78. The molecule has 1 heterocycles. The highest BCUT2D eigenvalue weighted by molar-refractivity contribution is 6.03. The molecular weight excluding hydrogens is 370 g/mol. The number of amides is 1. The minimum atomic E-state index is -0.668. The van der Waals surface area contributed by atoms with Gasteiger partial charge in [0, 0.05) is 17.1 Å². The number of aromatic nitrogens is 2. The van der Waals surface area contributed by atoms with E-state index in [1.807, 2.05) is 36.4 Å². The van der Waals surface area contributed by atoms with Gasteiger partial charge in [0.2, 0.25) is 0 Å². The fraction of sp³-hybridized carbons (Fsp3) is 0.0455. The molecule has 0 saturated carbocycles.